The van der Waals surface area contributed by atoms with Gasteiger partial charge in [-0.3, -0.25) is 9.59 Å². The first-order valence-electron chi connectivity index (χ1n) is 9.65. The zero-order chi connectivity index (χ0) is 21.5. The molecule has 158 valence electrons. The number of nitrogens with zero attached hydrogens (tertiary/aromatic N) is 2. The van der Waals surface area contributed by atoms with E-state index in [0.717, 1.165) is 5.75 Å². The fourth-order valence-corrected chi connectivity index (χ4v) is 3.21. The van der Waals surface area contributed by atoms with Gasteiger partial charge in [0.05, 0.1) is 25.7 Å². The second kappa shape index (κ2) is 9.78. The van der Waals surface area contributed by atoms with Crippen molar-refractivity contribution in [3.8, 4) is 11.5 Å². The minimum atomic E-state index is -1.07. The Morgan fingerprint density at radius 3 is 2.13 bits per heavy atom. The first kappa shape index (κ1) is 21.2. The third-order valence-corrected chi connectivity index (χ3v) is 4.92. The molecule has 1 saturated heterocycles. The lowest BCUT2D eigenvalue weighted by atomic mass is 10.1. The second-order valence-electron chi connectivity index (χ2n) is 6.83. The average Bonchev–Trinajstić information content (AvgIpc) is 2.79. The summed E-state index contributed by atoms with van der Waals surface area (Å²) in [7, 11) is 1.59. The van der Waals surface area contributed by atoms with E-state index in [0.29, 0.717) is 37.5 Å². The lowest BCUT2D eigenvalue weighted by Crippen LogP contribution is -2.50. The van der Waals surface area contributed by atoms with E-state index in [2.05, 4.69) is 0 Å². The number of hydrogen-bond acceptors (Lipinski definition) is 5. The molecule has 1 aliphatic rings. The monoisotopic (exact) mass is 412 g/mol. The lowest BCUT2D eigenvalue weighted by molar-refractivity contribution is -0.133. The molecule has 0 saturated carbocycles. The van der Waals surface area contributed by atoms with Crippen molar-refractivity contribution in [3.63, 3.8) is 0 Å². The lowest BCUT2D eigenvalue weighted by Gasteiger charge is -2.35. The Bertz CT molecular complexity index is 904. The van der Waals surface area contributed by atoms with Crippen LogP contribution in [-0.4, -0.2) is 72.6 Å². The van der Waals surface area contributed by atoms with Crippen molar-refractivity contribution < 1.29 is 29.0 Å². The van der Waals surface area contributed by atoms with Gasteiger partial charge in [0.25, 0.3) is 5.91 Å². The third-order valence-electron chi connectivity index (χ3n) is 4.92. The van der Waals surface area contributed by atoms with Crippen LogP contribution in [0.3, 0.4) is 0 Å². The van der Waals surface area contributed by atoms with Gasteiger partial charge in [-0.2, -0.15) is 0 Å². The molecule has 1 fully saturated rings. The number of methoxy groups -OCH3 is 1. The Morgan fingerprint density at radius 2 is 1.50 bits per heavy atom. The van der Waals surface area contributed by atoms with Crippen LogP contribution in [-0.2, 0) is 4.79 Å². The number of rotatable bonds is 7. The SMILES string of the molecule is COc1ccc(OCCC(=O)N2CCN(C(=O)c3cccc(C(=O)O)c3)CC2)cc1. The van der Waals surface area contributed by atoms with E-state index >= 15 is 0 Å². The van der Waals surface area contributed by atoms with Crippen molar-refractivity contribution in [2.24, 2.45) is 0 Å². The van der Waals surface area contributed by atoms with Crippen LogP contribution in [0.25, 0.3) is 0 Å². The molecule has 0 radical (unpaired) electrons. The van der Waals surface area contributed by atoms with E-state index in [9.17, 15) is 14.4 Å². The largest absolute Gasteiger partial charge is 0.497 e. The molecule has 0 atom stereocenters. The summed E-state index contributed by atoms with van der Waals surface area (Å²) in [6.45, 7) is 1.95. The highest BCUT2D eigenvalue weighted by molar-refractivity contribution is 5.97. The van der Waals surface area contributed by atoms with Crippen molar-refractivity contribution in [2.45, 2.75) is 6.42 Å². The summed E-state index contributed by atoms with van der Waals surface area (Å²) < 4.78 is 10.7. The van der Waals surface area contributed by atoms with Crippen LogP contribution in [0.15, 0.2) is 48.5 Å². The number of hydrogen-bond donors (Lipinski definition) is 1. The third kappa shape index (κ3) is 5.28. The molecule has 1 heterocycles. The number of piperazine rings is 1. The molecule has 0 bridgehead atoms. The summed E-state index contributed by atoms with van der Waals surface area (Å²) >= 11 is 0. The van der Waals surface area contributed by atoms with E-state index in [1.54, 1.807) is 53.3 Å². The first-order chi connectivity index (χ1) is 14.5. The minimum Gasteiger partial charge on any atom is -0.497 e. The van der Waals surface area contributed by atoms with Crippen molar-refractivity contribution in [1.82, 2.24) is 9.80 Å². The molecule has 2 amide bonds. The maximum atomic E-state index is 12.6. The zero-order valence-corrected chi connectivity index (χ0v) is 16.7. The van der Waals surface area contributed by atoms with Gasteiger partial charge in [0.1, 0.15) is 11.5 Å². The number of amides is 2. The van der Waals surface area contributed by atoms with Crippen LogP contribution in [0, 0.1) is 0 Å². The molecular formula is C22H24N2O6. The van der Waals surface area contributed by atoms with E-state index in [1.165, 1.54) is 12.1 Å². The summed E-state index contributed by atoms with van der Waals surface area (Å²) in [4.78, 5) is 39.5. The predicted octanol–water partition coefficient (Wildman–Crippen LogP) is 2.15. The van der Waals surface area contributed by atoms with E-state index in [1.807, 2.05) is 0 Å². The molecule has 8 nitrogen and oxygen atoms in total. The maximum absolute atomic E-state index is 12.6. The summed E-state index contributed by atoms with van der Waals surface area (Å²) in [5.41, 5.74) is 0.411. The first-order valence-corrected chi connectivity index (χ1v) is 9.65. The number of carbonyl (C=O) groups excluding carboxylic acids is 2. The van der Waals surface area contributed by atoms with Gasteiger partial charge in [-0.05, 0) is 42.5 Å². The van der Waals surface area contributed by atoms with E-state index < -0.39 is 5.97 Å². The number of benzene rings is 2. The Balaban J connectivity index is 1.45. The molecule has 0 aliphatic carbocycles. The van der Waals surface area contributed by atoms with Gasteiger partial charge in [-0.1, -0.05) is 6.07 Å². The van der Waals surface area contributed by atoms with Crippen LogP contribution in [0.1, 0.15) is 27.1 Å². The zero-order valence-electron chi connectivity index (χ0n) is 16.7. The van der Waals surface area contributed by atoms with Crippen molar-refractivity contribution >= 4 is 17.8 Å². The number of carboxylic acid groups (broad SMARTS) is 1. The Labute approximate surface area is 174 Å². The summed E-state index contributed by atoms with van der Waals surface area (Å²) in [6, 6.07) is 13.1. The van der Waals surface area contributed by atoms with Gasteiger partial charge in [-0.25, -0.2) is 4.79 Å². The molecule has 0 aromatic heterocycles. The highest BCUT2D eigenvalue weighted by Gasteiger charge is 2.25. The summed E-state index contributed by atoms with van der Waals surface area (Å²) in [6.07, 6.45) is 0.251. The fourth-order valence-electron chi connectivity index (χ4n) is 3.21. The van der Waals surface area contributed by atoms with Crippen LogP contribution in [0.4, 0.5) is 0 Å². The van der Waals surface area contributed by atoms with Crippen molar-refractivity contribution in [1.29, 1.82) is 0 Å². The van der Waals surface area contributed by atoms with E-state index in [-0.39, 0.29) is 30.4 Å². The molecule has 1 aliphatic heterocycles. The number of aromatic carboxylic acids is 1. The molecule has 1 N–H and O–H groups in total. The Hall–Kier alpha value is -3.55. The highest BCUT2D eigenvalue weighted by atomic mass is 16.5. The Kier molecular flexibility index (Phi) is 6.90. The van der Waals surface area contributed by atoms with Crippen molar-refractivity contribution in [2.75, 3.05) is 39.9 Å². The number of carbonyl (C=O) groups is 3. The van der Waals surface area contributed by atoms with Gasteiger partial charge in [0.2, 0.25) is 5.91 Å². The van der Waals surface area contributed by atoms with Crippen LogP contribution >= 0.6 is 0 Å². The number of carboxylic acids is 1. The quantitative estimate of drug-likeness (QED) is 0.749. The maximum Gasteiger partial charge on any atom is 0.335 e. The highest BCUT2D eigenvalue weighted by Crippen LogP contribution is 2.17. The predicted molar refractivity (Wildman–Crippen MR) is 109 cm³/mol. The van der Waals surface area contributed by atoms with Crippen LogP contribution < -0.4 is 9.47 Å². The fraction of sp³-hybridized carbons (Fsp3) is 0.318. The normalized spacial score (nSPS) is 13.6. The molecule has 30 heavy (non-hydrogen) atoms. The topological polar surface area (TPSA) is 96.4 Å². The van der Waals surface area contributed by atoms with Crippen molar-refractivity contribution in [3.05, 3.63) is 59.7 Å². The van der Waals surface area contributed by atoms with Gasteiger partial charge in [0, 0.05) is 31.7 Å². The molecule has 2 aromatic carbocycles. The molecule has 2 aromatic rings. The summed E-state index contributed by atoms with van der Waals surface area (Å²) in [5.74, 6) is 0.0802. The van der Waals surface area contributed by atoms with Crippen LogP contribution in [0.2, 0.25) is 0 Å². The minimum absolute atomic E-state index is 0.0246. The van der Waals surface area contributed by atoms with Gasteiger partial charge in [-0.15, -0.1) is 0 Å². The van der Waals surface area contributed by atoms with Gasteiger partial charge >= 0.3 is 5.97 Å². The molecule has 3 rings (SSSR count). The molecule has 0 unspecified atom stereocenters. The second-order valence-corrected chi connectivity index (χ2v) is 6.83. The molecular weight excluding hydrogens is 388 g/mol. The standard InChI is InChI=1S/C22H24N2O6/c1-29-18-5-7-19(8-6-18)30-14-9-20(25)23-10-12-24(13-11-23)21(26)16-3-2-4-17(15-16)22(27)28/h2-8,15H,9-14H2,1H3,(H,27,28). The molecule has 8 heteroatoms. The smallest absolute Gasteiger partial charge is 0.335 e. The van der Waals surface area contributed by atoms with Crippen LogP contribution in [0.5, 0.6) is 11.5 Å². The molecule has 0 spiro atoms. The average molecular weight is 412 g/mol. The Morgan fingerprint density at radius 1 is 0.900 bits per heavy atom. The van der Waals surface area contributed by atoms with Gasteiger partial charge < -0.3 is 24.4 Å². The van der Waals surface area contributed by atoms with Gasteiger partial charge in [0.15, 0.2) is 0 Å². The summed E-state index contributed by atoms with van der Waals surface area (Å²) in [5, 5.41) is 9.08. The number of ether oxygens (including phenoxy) is 2. The van der Waals surface area contributed by atoms with E-state index in [4.69, 9.17) is 14.6 Å².